The summed E-state index contributed by atoms with van der Waals surface area (Å²) in [6.07, 6.45) is 7.36. The normalized spacial score (nSPS) is 24.7. The Morgan fingerprint density at radius 1 is 1.00 bits per heavy atom. The minimum atomic E-state index is 0.424. The molecule has 1 aliphatic carbocycles. The van der Waals surface area contributed by atoms with Gasteiger partial charge in [-0.2, -0.15) is 0 Å². The second-order valence-corrected chi connectivity index (χ2v) is 4.83. The highest BCUT2D eigenvalue weighted by atomic mass is 16.5. The molecule has 0 aromatic rings. The maximum atomic E-state index is 5.55. The van der Waals surface area contributed by atoms with E-state index < -0.39 is 0 Å². The zero-order valence-corrected chi connectivity index (χ0v) is 9.60. The zero-order chi connectivity index (χ0) is 9.90. The Hall–Kier alpha value is -0.0400. The van der Waals surface area contributed by atoms with Crippen molar-refractivity contribution >= 4 is 0 Å². The second kappa shape index (κ2) is 4.45. The van der Waals surface area contributed by atoms with E-state index in [2.05, 4.69) is 20.8 Å². The molecule has 0 aliphatic heterocycles. The lowest BCUT2D eigenvalue weighted by Gasteiger charge is -2.45. The van der Waals surface area contributed by atoms with Crippen LogP contribution in [0.3, 0.4) is 0 Å². The fourth-order valence-corrected chi connectivity index (χ4v) is 2.90. The van der Waals surface area contributed by atoms with Crippen LogP contribution in [0.5, 0.6) is 0 Å². The molecule has 1 saturated carbocycles. The number of hydrogen-bond donors (Lipinski definition) is 0. The van der Waals surface area contributed by atoms with Gasteiger partial charge in [0.05, 0.1) is 6.10 Å². The average molecular weight is 184 g/mol. The molecular weight excluding hydrogens is 160 g/mol. The minimum Gasteiger partial charge on any atom is -0.381 e. The molecule has 0 saturated heterocycles. The van der Waals surface area contributed by atoms with Crippen LogP contribution in [0.15, 0.2) is 0 Å². The fourth-order valence-electron chi connectivity index (χ4n) is 2.90. The lowest BCUT2D eigenvalue weighted by molar-refractivity contribution is -0.0525. The van der Waals surface area contributed by atoms with E-state index in [0.29, 0.717) is 11.5 Å². The average Bonchev–Trinajstić information content (AvgIpc) is 2.17. The predicted octanol–water partition coefficient (Wildman–Crippen LogP) is 3.63. The molecule has 0 aromatic heterocycles. The third kappa shape index (κ3) is 2.07. The van der Waals surface area contributed by atoms with Gasteiger partial charge in [-0.05, 0) is 31.1 Å². The van der Waals surface area contributed by atoms with Crippen molar-refractivity contribution in [3.05, 3.63) is 0 Å². The Balaban J connectivity index is 2.72. The van der Waals surface area contributed by atoms with Crippen LogP contribution in [0.1, 0.15) is 52.9 Å². The van der Waals surface area contributed by atoms with Crippen LogP contribution in [0.4, 0.5) is 0 Å². The van der Waals surface area contributed by atoms with Crippen LogP contribution < -0.4 is 0 Å². The summed E-state index contributed by atoms with van der Waals surface area (Å²) in [7, 11) is 1.85. The molecule has 0 spiro atoms. The lowest BCUT2D eigenvalue weighted by Crippen LogP contribution is -2.41. The van der Waals surface area contributed by atoms with Gasteiger partial charge in [-0.1, -0.05) is 33.1 Å². The summed E-state index contributed by atoms with van der Waals surface area (Å²) in [5.41, 5.74) is 0.465. The predicted molar refractivity (Wildman–Crippen MR) is 56.8 cm³/mol. The Morgan fingerprint density at radius 3 is 1.92 bits per heavy atom. The molecule has 0 bridgehead atoms. The molecule has 0 radical (unpaired) electrons. The smallest absolute Gasteiger partial charge is 0.0601 e. The summed E-state index contributed by atoms with van der Waals surface area (Å²) in [5.74, 6) is 0.753. The summed E-state index contributed by atoms with van der Waals surface area (Å²) in [5, 5.41) is 0. The van der Waals surface area contributed by atoms with Gasteiger partial charge in [0, 0.05) is 7.11 Å². The number of hydrogen-bond acceptors (Lipinski definition) is 1. The molecule has 1 rings (SSSR count). The highest BCUT2D eigenvalue weighted by molar-refractivity contribution is 4.90. The molecule has 1 fully saturated rings. The first-order valence-corrected chi connectivity index (χ1v) is 5.66. The van der Waals surface area contributed by atoms with Crippen LogP contribution in [0.2, 0.25) is 0 Å². The maximum Gasteiger partial charge on any atom is 0.0601 e. The second-order valence-electron chi connectivity index (χ2n) is 4.83. The van der Waals surface area contributed by atoms with Gasteiger partial charge in [0.1, 0.15) is 0 Å². The maximum absolute atomic E-state index is 5.55. The quantitative estimate of drug-likeness (QED) is 0.651. The van der Waals surface area contributed by atoms with Crippen LogP contribution in [-0.2, 0) is 4.74 Å². The van der Waals surface area contributed by atoms with E-state index >= 15 is 0 Å². The molecule has 78 valence electrons. The summed E-state index contributed by atoms with van der Waals surface area (Å²) >= 11 is 0. The Labute approximate surface area is 82.9 Å². The van der Waals surface area contributed by atoms with Crippen LogP contribution in [0.25, 0.3) is 0 Å². The summed E-state index contributed by atoms with van der Waals surface area (Å²) in [6, 6.07) is 0. The van der Waals surface area contributed by atoms with Gasteiger partial charge < -0.3 is 4.74 Å². The van der Waals surface area contributed by atoms with Crippen molar-refractivity contribution in [3.63, 3.8) is 0 Å². The van der Waals surface area contributed by atoms with Gasteiger partial charge in [0.15, 0.2) is 0 Å². The van der Waals surface area contributed by atoms with Gasteiger partial charge in [0.25, 0.3) is 0 Å². The van der Waals surface area contributed by atoms with Crippen molar-refractivity contribution in [3.8, 4) is 0 Å². The summed E-state index contributed by atoms with van der Waals surface area (Å²) < 4.78 is 5.55. The first-order valence-electron chi connectivity index (χ1n) is 5.66. The third-order valence-electron chi connectivity index (χ3n) is 4.10. The van der Waals surface area contributed by atoms with E-state index in [1.54, 1.807) is 0 Å². The standard InChI is InChI=1S/C12H24O/c1-10(2)12(11(3)13-4)8-6-5-7-9-12/h10-11H,5-9H2,1-4H3. The van der Waals surface area contributed by atoms with E-state index in [-0.39, 0.29) is 0 Å². The zero-order valence-electron chi connectivity index (χ0n) is 9.60. The van der Waals surface area contributed by atoms with Crippen molar-refractivity contribution in [2.45, 2.75) is 59.0 Å². The number of methoxy groups -OCH3 is 1. The molecule has 1 atom stereocenters. The topological polar surface area (TPSA) is 9.23 Å². The highest BCUT2D eigenvalue weighted by Gasteiger charge is 2.40. The van der Waals surface area contributed by atoms with E-state index in [1.807, 2.05) is 7.11 Å². The van der Waals surface area contributed by atoms with E-state index in [0.717, 1.165) is 5.92 Å². The van der Waals surface area contributed by atoms with E-state index in [1.165, 1.54) is 32.1 Å². The minimum absolute atomic E-state index is 0.424. The molecule has 0 N–H and O–H groups in total. The van der Waals surface area contributed by atoms with Gasteiger partial charge in [-0.3, -0.25) is 0 Å². The highest BCUT2D eigenvalue weighted by Crippen LogP contribution is 2.45. The Kier molecular flexibility index (Phi) is 3.78. The van der Waals surface area contributed by atoms with Gasteiger partial charge in [-0.15, -0.1) is 0 Å². The van der Waals surface area contributed by atoms with Crippen molar-refractivity contribution in [1.82, 2.24) is 0 Å². The summed E-state index contributed by atoms with van der Waals surface area (Å²) in [4.78, 5) is 0. The molecule has 1 unspecified atom stereocenters. The first-order chi connectivity index (χ1) is 6.13. The molecule has 13 heavy (non-hydrogen) atoms. The third-order valence-corrected chi connectivity index (χ3v) is 4.10. The van der Waals surface area contributed by atoms with Crippen molar-refractivity contribution in [1.29, 1.82) is 0 Å². The van der Waals surface area contributed by atoms with Gasteiger partial charge in [-0.25, -0.2) is 0 Å². The van der Waals surface area contributed by atoms with Crippen molar-refractivity contribution < 1.29 is 4.74 Å². The summed E-state index contributed by atoms with van der Waals surface area (Å²) in [6.45, 7) is 6.94. The van der Waals surface area contributed by atoms with Crippen molar-refractivity contribution in [2.75, 3.05) is 7.11 Å². The van der Waals surface area contributed by atoms with Crippen LogP contribution >= 0.6 is 0 Å². The van der Waals surface area contributed by atoms with Gasteiger partial charge >= 0.3 is 0 Å². The molecule has 1 nitrogen and oxygen atoms in total. The fraction of sp³-hybridized carbons (Fsp3) is 1.00. The van der Waals surface area contributed by atoms with E-state index in [9.17, 15) is 0 Å². The molecule has 1 aliphatic rings. The Bertz CT molecular complexity index is 145. The largest absolute Gasteiger partial charge is 0.381 e. The number of rotatable bonds is 3. The molecule has 1 heteroatoms. The first kappa shape index (κ1) is 11.0. The van der Waals surface area contributed by atoms with Crippen molar-refractivity contribution in [2.24, 2.45) is 11.3 Å². The van der Waals surface area contributed by atoms with E-state index in [4.69, 9.17) is 4.74 Å². The number of ether oxygens (including phenoxy) is 1. The molecular formula is C12H24O. The van der Waals surface area contributed by atoms with Gasteiger partial charge in [0.2, 0.25) is 0 Å². The lowest BCUT2D eigenvalue weighted by atomic mass is 9.64. The monoisotopic (exact) mass is 184 g/mol. The van der Waals surface area contributed by atoms with Crippen LogP contribution in [-0.4, -0.2) is 13.2 Å². The SMILES string of the molecule is COC(C)C1(C(C)C)CCCCC1. The molecule has 0 heterocycles. The van der Waals surface area contributed by atoms with Crippen LogP contribution in [0, 0.1) is 11.3 Å². The molecule has 0 aromatic carbocycles. The molecule has 0 amide bonds. The Morgan fingerprint density at radius 2 is 1.54 bits per heavy atom.